The average molecular weight is 258 g/mol. The first kappa shape index (κ1) is 11.8. The normalized spacial score (nSPS) is 15.9. The van der Waals surface area contributed by atoms with E-state index in [-0.39, 0.29) is 17.2 Å². The number of nitrogens with two attached hydrogens (primary N) is 1. The van der Waals surface area contributed by atoms with Gasteiger partial charge in [-0.2, -0.15) is 0 Å². The Labute approximate surface area is 100 Å². The highest BCUT2D eigenvalue weighted by molar-refractivity contribution is 7.82. The van der Waals surface area contributed by atoms with Gasteiger partial charge in [0, 0.05) is 13.1 Å². The zero-order valence-corrected chi connectivity index (χ0v) is 10.5. The van der Waals surface area contributed by atoms with Gasteiger partial charge in [0.15, 0.2) is 0 Å². The predicted octanol–water partition coefficient (Wildman–Crippen LogP) is 1.13. The summed E-state index contributed by atoms with van der Waals surface area (Å²) in [6.07, 6.45) is 0. The van der Waals surface area contributed by atoms with Crippen LogP contribution in [0.25, 0.3) is 0 Å². The standard InChI is InChI=1S/C10H14N2O4S/c1-3-12(4-2)8-6-5-7(11)9-10(8)16-17(13,14)15-9/h5-6H,3-4,11H2,1-2H3. The first-order valence-corrected chi connectivity index (χ1v) is 6.63. The van der Waals surface area contributed by atoms with Crippen LogP contribution in [0.15, 0.2) is 12.1 Å². The second-order valence-electron chi connectivity index (χ2n) is 3.58. The molecule has 0 saturated heterocycles. The number of benzene rings is 1. The van der Waals surface area contributed by atoms with Gasteiger partial charge in [-0.1, -0.05) is 0 Å². The van der Waals surface area contributed by atoms with Gasteiger partial charge in [-0.05, 0) is 26.0 Å². The van der Waals surface area contributed by atoms with Crippen molar-refractivity contribution in [2.75, 3.05) is 23.7 Å². The van der Waals surface area contributed by atoms with Crippen LogP contribution in [-0.2, 0) is 10.4 Å². The molecule has 2 N–H and O–H groups in total. The smallest absolute Gasteiger partial charge is 0.396 e. The van der Waals surface area contributed by atoms with E-state index < -0.39 is 10.4 Å². The summed E-state index contributed by atoms with van der Waals surface area (Å²) in [6.45, 7) is 5.40. The zero-order valence-electron chi connectivity index (χ0n) is 9.63. The van der Waals surface area contributed by atoms with Crippen molar-refractivity contribution in [2.45, 2.75) is 13.8 Å². The molecule has 0 fully saturated rings. The third-order valence-corrected chi connectivity index (χ3v) is 3.34. The lowest BCUT2D eigenvalue weighted by atomic mass is 10.2. The summed E-state index contributed by atoms with van der Waals surface area (Å²) in [5.74, 6) is 0.253. The van der Waals surface area contributed by atoms with Crippen LogP contribution in [0.2, 0.25) is 0 Å². The van der Waals surface area contributed by atoms with E-state index in [0.29, 0.717) is 5.69 Å². The van der Waals surface area contributed by atoms with E-state index in [9.17, 15) is 8.42 Å². The lowest BCUT2D eigenvalue weighted by Gasteiger charge is -2.21. The Hall–Kier alpha value is -1.63. The molecule has 0 radical (unpaired) electrons. The van der Waals surface area contributed by atoms with Gasteiger partial charge >= 0.3 is 10.4 Å². The molecule has 1 heterocycles. The lowest BCUT2D eigenvalue weighted by molar-refractivity contribution is 0.436. The third-order valence-electron chi connectivity index (χ3n) is 2.60. The summed E-state index contributed by atoms with van der Waals surface area (Å²) >= 11 is 0. The Morgan fingerprint density at radius 2 is 1.76 bits per heavy atom. The van der Waals surface area contributed by atoms with Crippen molar-refractivity contribution >= 4 is 21.8 Å². The number of fused-ring (bicyclic) bond motifs is 1. The molecule has 1 aliphatic rings. The monoisotopic (exact) mass is 258 g/mol. The van der Waals surface area contributed by atoms with Crippen molar-refractivity contribution in [1.82, 2.24) is 0 Å². The fourth-order valence-corrected chi connectivity index (χ4v) is 2.54. The minimum absolute atomic E-state index is 0.0781. The van der Waals surface area contributed by atoms with Crippen molar-refractivity contribution in [3.05, 3.63) is 12.1 Å². The molecule has 0 atom stereocenters. The maximum absolute atomic E-state index is 11.3. The molecule has 0 aromatic heterocycles. The van der Waals surface area contributed by atoms with E-state index in [1.165, 1.54) is 0 Å². The summed E-state index contributed by atoms with van der Waals surface area (Å²) in [6, 6.07) is 3.34. The minimum atomic E-state index is -4.01. The summed E-state index contributed by atoms with van der Waals surface area (Å²) in [7, 11) is -4.01. The van der Waals surface area contributed by atoms with Gasteiger partial charge in [-0.3, -0.25) is 0 Å². The molecule has 0 unspecified atom stereocenters. The van der Waals surface area contributed by atoms with Crippen LogP contribution in [-0.4, -0.2) is 21.5 Å². The Morgan fingerprint density at radius 1 is 1.18 bits per heavy atom. The summed E-state index contributed by atoms with van der Waals surface area (Å²) in [5, 5.41) is 0. The van der Waals surface area contributed by atoms with E-state index in [2.05, 4.69) is 0 Å². The first-order valence-electron chi connectivity index (χ1n) is 5.29. The second-order valence-corrected chi connectivity index (χ2v) is 4.73. The van der Waals surface area contributed by atoms with E-state index >= 15 is 0 Å². The molecular formula is C10H14N2O4S. The second kappa shape index (κ2) is 3.99. The van der Waals surface area contributed by atoms with Gasteiger partial charge in [0.25, 0.3) is 0 Å². The molecule has 0 bridgehead atoms. The van der Waals surface area contributed by atoms with Crippen LogP contribution < -0.4 is 19.0 Å². The first-order chi connectivity index (χ1) is 7.98. The number of hydrogen-bond donors (Lipinski definition) is 1. The van der Waals surface area contributed by atoms with Crippen LogP contribution in [0.3, 0.4) is 0 Å². The molecule has 1 aliphatic heterocycles. The number of rotatable bonds is 3. The fourth-order valence-electron chi connectivity index (χ4n) is 1.77. The Balaban J connectivity index is 2.56. The highest BCUT2D eigenvalue weighted by Gasteiger charge is 2.34. The van der Waals surface area contributed by atoms with E-state index in [1.807, 2.05) is 18.7 Å². The number of nitrogen functional groups attached to an aromatic ring is 1. The molecule has 17 heavy (non-hydrogen) atoms. The number of hydrogen-bond acceptors (Lipinski definition) is 6. The predicted molar refractivity (Wildman–Crippen MR) is 64.6 cm³/mol. The van der Waals surface area contributed by atoms with Gasteiger partial charge in [0.2, 0.25) is 11.5 Å². The summed E-state index contributed by atoms with van der Waals surface area (Å²) < 4.78 is 32.1. The van der Waals surface area contributed by atoms with Crippen LogP contribution in [0.4, 0.5) is 11.4 Å². The van der Waals surface area contributed by atoms with E-state index in [4.69, 9.17) is 14.1 Å². The molecule has 1 aromatic rings. The molecule has 1 aromatic carbocycles. The maximum atomic E-state index is 11.3. The van der Waals surface area contributed by atoms with Crippen LogP contribution in [0.1, 0.15) is 13.8 Å². The average Bonchev–Trinajstić information content (AvgIpc) is 2.59. The Bertz CT molecular complexity index is 537. The van der Waals surface area contributed by atoms with Gasteiger partial charge in [0.05, 0.1) is 11.4 Å². The van der Waals surface area contributed by atoms with E-state index in [0.717, 1.165) is 13.1 Å². The Morgan fingerprint density at radius 3 is 2.35 bits per heavy atom. The van der Waals surface area contributed by atoms with Gasteiger partial charge in [0.1, 0.15) is 0 Å². The summed E-state index contributed by atoms with van der Waals surface area (Å²) in [5.41, 5.74) is 6.57. The molecule has 7 heteroatoms. The van der Waals surface area contributed by atoms with Gasteiger partial charge in [-0.15, -0.1) is 8.42 Å². The van der Waals surface area contributed by atoms with E-state index in [1.54, 1.807) is 12.1 Å². The molecule has 94 valence electrons. The molecule has 6 nitrogen and oxygen atoms in total. The minimum Gasteiger partial charge on any atom is -0.396 e. The number of anilines is 2. The van der Waals surface area contributed by atoms with Gasteiger partial charge < -0.3 is 19.0 Å². The van der Waals surface area contributed by atoms with Crippen LogP contribution in [0.5, 0.6) is 11.5 Å². The van der Waals surface area contributed by atoms with Gasteiger partial charge in [-0.25, -0.2) is 0 Å². The quantitative estimate of drug-likeness (QED) is 0.818. The summed E-state index contributed by atoms with van der Waals surface area (Å²) in [4.78, 5) is 1.96. The topological polar surface area (TPSA) is 81.9 Å². The van der Waals surface area contributed by atoms with Crippen molar-refractivity contribution < 1.29 is 16.8 Å². The number of nitrogens with zero attached hydrogens (tertiary/aromatic N) is 1. The molecule has 0 spiro atoms. The lowest BCUT2D eigenvalue weighted by Crippen LogP contribution is -2.22. The molecule has 0 amide bonds. The zero-order chi connectivity index (χ0) is 12.6. The molecule has 2 rings (SSSR count). The maximum Gasteiger partial charge on any atom is 0.501 e. The SMILES string of the molecule is CCN(CC)c1ccc(N)c2c1OS(=O)(=O)O2. The largest absolute Gasteiger partial charge is 0.501 e. The van der Waals surface area contributed by atoms with Crippen LogP contribution in [0, 0.1) is 0 Å². The molecular weight excluding hydrogens is 244 g/mol. The van der Waals surface area contributed by atoms with Crippen molar-refractivity contribution in [1.29, 1.82) is 0 Å². The highest BCUT2D eigenvalue weighted by atomic mass is 32.3. The molecule has 0 saturated carbocycles. The van der Waals surface area contributed by atoms with Crippen LogP contribution >= 0.6 is 0 Å². The van der Waals surface area contributed by atoms with Crippen molar-refractivity contribution in [2.24, 2.45) is 0 Å². The van der Waals surface area contributed by atoms with Crippen molar-refractivity contribution in [3.63, 3.8) is 0 Å². The fraction of sp³-hybridized carbons (Fsp3) is 0.400. The Kier molecular flexibility index (Phi) is 2.78. The third kappa shape index (κ3) is 1.97. The highest BCUT2D eigenvalue weighted by Crippen LogP contribution is 2.47. The van der Waals surface area contributed by atoms with Crippen molar-refractivity contribution in [3.8, 4) is 11.5 Å². The molecule has 0 aliphatic carbocycles.